The van der Waals surface area contributed by atoms with E-state index in [0.717, 1.165) is 16.7 Å². The van der Waals surface area contributed by atoms with Crippen LogP contribution in [0.15, 0.2) is 28.7 Å². The molecule has 0 fully saturated rings. The lowest BCUT2D eigenvalue weighted by Gasteiger charge is -1.93. The van der Waals surface area contributed by atoms with Crippen LogP contribution in [0.25, 0.3) is 11.0 Å². The Labute approximate surface area is 88.9 Å². The summed E-state index contributed by atoms with van der Waals surface area (Å²) in [5.41, 5.74) is 6.43. The normalized spacial score (nSPS) is 9.53. The van der Waals surface area contributed by atoms with Crippen molar-refractivity contribution >= 4 is 16.9 Å². The number of nitrogens with two attached hydrogens (primary N) is 1. The number of carbonyl (C=O) groups is 1. The van der Waals surface area contributed by atoms with Gasteiger partial charge in [-0.2, -0.15) is 0 Å². The molecule has 1 heterocycles. The van der Waals surface area contributed by atoms with Gasteiger partial charge in [0.05, 0.1) is 0 Å². The van der Waals surface area contributed by atoms with Crippen molar-refractivity contribution in [2.45, 2.75) is 20.8 Å². The predicted molar refractivity (Wildman–Crippen MR) is 60.8 cm³/mol. The van der Waals surface area contributed by atoms with Gasteiger partial charge in [0, 0.05) is 10.9 Å². The average Bonchev–Trinajstić information content (AvgIpc) is 2.59. The lowest BCUT2D eigenvalue weighted by atomic mass is 10.1. The van der Waals surface area contributed by atoms with E-state index >= 15 is 0 Å². The number of carbonyl (C=O) groups excluding carboxylic acids is 1. The molecule has 3 heteroatoms. The fourth-order valence-corrected chi connectivity index (χ4v) is 1.33. The summed E-state index contributed by atoms with van der Waals surface area (Å²) in [7, 11) is 0. The van der Waals surface area contributed by atoms with Crippen molar-refractivity contribution < 1.29 is 9.21 Å². The monoisotopic (exact) mass is 205 g/mol. The molecule has 0 aliphatic rings. The molecule has 80 valence electrons. The lowest BCUT2D eigenvalue weighted by molar-refractivity contribution is 0.100. The Hall–Kier alpha value is -1.77. The van der Waals surface area contributed by atoms with Crippen LogP contribution >= 0.6 is 0 Å². The molecule has 15 heavy (non-hydrogen) atoms. The first-order chi connectivity index (χ1) is 7.16. The van der Waals surface area contributed by atoms with Gasteiger partial charge in [0.15, 0.2) is 0 Å². The number of amides is 1. The molecule has 2 rings (SSSR count). The van der Waals surface area contributed by atoms with Crippen LogP contribution in [-0.4, -0.2) is 5.91 Å². The van der Waals surface area contributed by atoms with E-state index in [4.69, 9.17) is 10.2 Å². The Morgan fingerprint density at radius 3 is 2.53 bits per heavy atom. The molecule has 0 saturated heterocycles. The minimum Gasteiger partial charge on any atom is -0.461 e. The summed E-state index contributed by atoms with van der Waals surface area (Å²) in [6.45, 7) is 5.87. The first-order valence-corrected chi connectivity index (χ1v) is 4.97. The van der Waals surface area contributed by atoms with Crippen LogP contribution in [0.3, 0.4) is 0 Å². The van der Waals surface area contributed by atoms with Gasteiger partial charge in [0.1, 0.15) is 11.3 Å². The van der Waals surface area contributed by atoms with Gasteiger partial charge in [-0.1, -0.05) is 13.8 Å². The number of hydrogen-bond donors (Lipinski definition) is 1. The average molecular weight is 205 g/mol. The van der Waals surface area contributed by atoms with Crippen LogP contribution in [0.4, 0.5) is 0 Å². The van der Waals surface area contributed by atoms with Crippen LogP contribution in [0.2, 0.25) is 0 Å². The first kappa shape index (κ1) is 11.3. The molecule has 0 radical (unpaired) electrons. The molecular weight excluding hydrogens is 190 g/mol. The van der Waals surface area contributed by atoms with Crippen molar-refractivity contribution in [2.24, 2.45) is 5.73 Å². The zero-order valence-electron chi connectivity index (χ0n) is 9.20. The SMILES string of the molecule is CC.Cc1cc2cc(C(N)=O)ccc2o1. The van der Waals surface area contributed by atoms with E-state index in [1.807, 2.05) is 26.8 Å². The quantitative estimate of drug-likeness (QED) is 0.778. The standard InChI is InChI=1S/C10H9NO2.C2H6/c1-6-4-8-5-7(10(11)12)2-3-9(8)13-6;1-2/h2-5H,1H3,(H2,11,12);1-2H3. The maximum atomic E-state index is 10.8. The third-order valence-corrected chi connectivity index (χ3v) is 1.92. The Balaban J connectivity index is 0.000000531. The summed E-state index contributed by atoms with van der Waals surface area (Å²) in [4.78, 5) is 10.8. The van der Waals surface area contributed by atoms with E-state index < -0.39 is 5.91 Å². The fourth-order valence-electron chi connectivity index (χ4n) is 1.33. The zero-order chi connectivity index (χ0) is 11.4. The highest BCUT2D eigenvalue weighted by Gasteiger charge is 2.04. The molecule has 3 nitrogen and oxygen atoms in total. The summed E-state index contributed by atoms with van der Waals surface area (Å²) in [5.74, 6) is 0.414. The summed E-state index contributed by atoms with van der Waals surface area (Å²) in [6.07, 6.45) is 0. The van der Waals surface area contributed by atoms with Crippen molar-refractivity contribution in [1.29, 1.82) is 0 Å². The van der Waals surface area contributed by atoms with Crippen LogP contribution in [0.1, 0.15) is 30.0 Å². The number of aryl methyl sites for hydroxylation is 1. The van der Waals surface area contributed by atoms with Crippen molar-refractivity contribution in [1.82, 2.24) is 0 Å². The van der Waals surface area contributed by atoms with Gasteiger partial charge in [-0.05, 0) is 31.2 Å². The number of fused-ring (bicyclic) bond motifs is 1. The van der Waals surface area contributed by atoms with Crippen LogP contribution < -0.4 is 5.73 Å². The van der Waals surface area contributed by atoms with Gasteiger partial charge in [-0.3, -0.25) is 4.79 Å². The molecule has 0 unspecified atom stereocenters. The topological polar surface area (TPSA) is 56.2 Å². The summed E-state index contributed by atoms with van der Waals surface area (Å²) >= 11 is 0. The molecule has 0 saturated carbocycles. The van der Waals surface area contributed by atoms with E-state index in [0.29, 0.717) is 5.56 Å². The minimum absolute atomic E-state index is 0.416. The zero-order valence-corrected chi connectivity index (χ0v) is 9.20. The van der Waals surface area contributed by atoms with E-state index in [1.54, 1.807) is 18.2 Å². The third kappa shape index (κ3) is 2.37. The second kappa shape index (κ2) is 4.64. The number of primary amides is 1. The second-order valence-electron chi connectivity index (χ2n) is 2.97. The number of benzene rings is 1. The minimum atomic E-state index is -0.416. The molecule has 0 spiro atoms. The van der Waals surface area contributed by atoms with Crippen molar-refractivity contribution in [3.63, 3.8) is 0 Å². The van der Waals surface area contributed by atoms with E-state index in [-0.39, 0.29) is 0 Å². The van der Waals surface area contributed by atoms with Gasteiger partial charge >= 0.3 is 0 Å². The molecule has 0 aliphatic carbocycles. The van der Waals surface area contributed by atoms with Gasteiger partial charge in [-0.15, -0.1) is 0 Å². The largest absolute Gasteiger partial charge is 0.461 e. The first-order valence-electron chi connectivity index (χ1n) is 4.97. The Morgan fingerprint density at radius 2 is 1.93 bits per heavy atom. The van der Waals surface area contributed by atoms with E-state index in [1.165, 1.54) is 0 Å². The smallest absolute Gasteiger partial charge is 0.248 e. The van der Waals surface area contributed by atoms with E-state index in [2.05, 4.69) is 0 Å². The maximum absolute atomic E-state index is 10.8. The van der Waals surface area contributed by atoms with Gasteiger partial charge in [0.25, 0.3) is 0 Å². The van der Waals surface area contributed by atoms with Gasteiger partial charge in [-0.25, -0.2) is 0 Å². The van der Waals surface area contributed by atoms with Crippen molar-refractivity contribution in [3.05, 3.63) is 35.6 Å². The molecule has 1 aromatic heterocycles. The number of rotatable bonds is 1. The summed E-state index contributed by atoms with van der Waals surface area (Å²) in [6, 6.07) is 7.02. The van der Waals surface area contributed by atoms with E-state index in [9.17, 15) is 4.79 Å². The molecule has 0 aliphatic heterocycles. The molecule has 0 bridgehead atoms. The Kier molecular flexibility index (Phi) is 3.50. The molecule has 2 N–H and O–H groups in total. The highest BCUT2D eigenvalue weighted by Crippen LogP contribution is 2.19. The van der Waals surface area contributed by atoms with Crippen LogP contribution in [-0.2, 0) is 0 Å². The molecule has 1 amide bonds. The lowest BCUT2D eigenvalue weighted by Crippen LogP contribution is -2.10. The summed E-state index contributed by atoms with van der Waals surface area (Å²) < 4.78 is 5.35. The molecule has 1 aromatic carbocycles. The molecule has 2 aromatic rings. The van der Waals surface area contributed by atoms with Crippen molar-refractivity contribution in [2.75, 3.05) is 0 Å². The molecule has 0 atom stereocenters. The number of hydrogen-bond acceptors (Lipinski definition) is 2. The van der Waals surface area contributed by atoms with Gasteiger partial charge in [0.2, 0.25) is 5.91 Å². The maximum Gasteiger partial charge on any atom is 0.248 e. The fraction of sp³-hybridized carbons (Fsp3) is 0.250. The Morgan fingerprint density at radius 1 is 1.27 bits per heavy atom. The number of furan rings is 1. The third-order valence-electron chi connectivity index (χ3n) is 1.92. The highest BCUT2D eigenvalue weighted by atomic mass is 16.3. The summed E-state index contributed by atoms with van der Waals surface area (Å²) in [5, 5.41) is 0.911. The van der Waals surface area contributed by atoms with Crippen molar-refractivity contribution in [3.8, 4) is 0 Å². The molecular formula is C12H15NO2. The highest BCUT2D eigenvalue weighted by molar-refractivity contribution is 5.96. The Bertz CT molecular complexity index is 471. The predicted octanol–water partition coefficient (Wildman–Crippen LogP) is 2.87. The van der Waals surface area contributed by atoms with Crippen LogP contribution in [0.5, 0.6) is 0 Å². The second-order valence-corrected chi connectivity index (χ2v) is 2.97. The van der Waals surface area contributed by atoms with Crippen LogP contribution in [0, 0.1) is 6.92 Å². The van der Waals surface area contributed by atoms with Gasteiger partial charge < -0.3 is 10.2 Å².